The van der Waals surface area contributed by atoms with Crippen molar-refractivity contribution in [2.24, 2.45) is 0 Å². The second-order valence-corrected chi connectivity index (χ2v) is 8.45. The maximum absolute atomic E-state index is 11.5. The summed E-state index contributed by atoms with van der Waals surface area (Å²) >= 11 is 0. The lowest BCUT2D eigenvalue weighted by atomic mass is 10.0. The molecule has 0 spiro atoms. The molecule has 0 unspecified atom stereocenters. The zero-order chi connectivity index (χ0) is 22.5. The number of amides is 1. The largest absolute Gasteiger partial charge is 0.444 e. The monoisotopic (exact) mass is 420 g/mol. The van der Waals surface area contributed by atoms with Crippen LogP contribution in [-0.2, 0) is 4.74 Å². The van der Waals surface area contributed by atoms with Crippen LogP contribution in [0.25, 0.3) is 11.1 Å². The van der Waals surface area contributed by atoms with Gasteiger partial charge in [-0.05, 0) is 51.3 Å². The van der Waals surface area contributed by atoms with E-state index in [1.165, 1.54) is 0 Å². The number of carbonyl (C=O) groups is 2. The highest BCUT2D eigenvalue weighted by molar-refractivity contribution is 5.78. The SMILES string of the molecule is CC(C)(C)OC(=O)NCCCCCCCC#Cc1cncc(-c2cccc(C=O)c2)c1. The highest BCUT2D eigenvalue weighted by Crippen LogP contribution is 2.20. The summed E-state index contributed by atoms with van der Waals surface area (Å²) in [5, 5.41) is 2.78. The van der Waals surface area contributed by atoms with Crippen LogP contribution in [0.1, 0.15) is 75.2 Å². The molecular weight excluding hydrogens is 388 g/mol. The molecule has 0 aliphatic heterocycles. The average Bonchev–Trinajstić information content (AvgIpc) is 2.74. The molecule has 2 rings (SSSR count). The van der Waals surface area contributed by atoms with E-state index in [4.69, 9.17) is 4.74 Å². The third-order valence-electron chi connectivity index (χ3n) is 4.47. The summed E-state index contributed by atoms with van der Waals surface area (Å²) < 4.78 is 5.21. The first-order valence-corrected chi connectivity index (χ1v) is 10.8. The summed E-state index contributed by atoms with van der Waals surface area (Å²) in [6.07, 6.45) is 10.2. The van der Waals surface area contributed by atoms with Gasteiger partial charge in [-0.3, -0.25) is 9.78 Å². The Morgan fingerprint density at radius 2 is 1.84 bits per heavy atom. The van der Waals surface area contributed by atoms with Gasteiger partial charge < -0.3 is 10.1 Å². The molecular formula is C26H32N2O3. The third-order valence-corrected chi connectivity index (χ3v) is 4.47. The first kappa shape index (κ1) is 24.1. The van der Waals surface area contributed by atoms with Crippen LogP contribution in [0.3, 0.4) is 0 Å². The van der Waals surface area contributed by atoms with Crippen LogP contribution in [0.15, 0.2) is 42.7 Å². The van der Waals surface area contributed by atoms with Gasteiger partial charge in [0.25, 0.3) is 0 Å². The smallest absolute Gasteiger partial charge is 0.407 e. The molecule has 0 saturated heterocycles. The number of ether oxygens (including phenoxy) is 1. The van der Waals surface area contributed by atoms with Crippen molar-refractivity contribution in [3.05, 3.63) is 53.9 Å². The number of hydrogen-bond donors (Lipinski definition) is 1. The summed E-state index contributed by atoms with van der Waals surface area (Å²) in [5.74, 6) is 6.40. The van der Waals surface area contributed by atoms with Gasteiger partial charge in [-0.1, -0.05) is 49.3 Å². The van der Waals surface area contributed by atoms with E-state index in [0.29, 0.717) is 12.1 Å². The predicted molar refractivity (Wildman–Crippen MR) is 124 cm³/mol. The molecule has 1 heterocycles. The van der Waals surface area contributed by atoms with Crippen LogP contribution in [0.2, 0.25) is 0 Å². The Hall–Kier alpha value is -3.13. The zero-order valence-electron chi connectivity index (χ0n) is 18.7. The Kier molecular flexibility index (Phi) is 9.77. The maximum Gasteiger partial charge on any atom is 0.407 e. The van der Waals surface area contributed by atoms with E-state index in [2.05, 4.69) is 22.1 Å². The molecule has 0 aliphatic rings. The van der Waals surface area contributed by atoms with Gasteiger partial charge in [0.05, 0.1) is 0 Å². The number of nitrogens with zero attached hydrogens (tertiary/aromatic N) is 1. The number of benzene rings is 1. The lowest BCUT2D eigenvalue weighted by Crippen LogP contribution is -2.32. The van der Waals surface area contributed by atoms with Crippen molar-refractivity contribution in [1.29, 1.82) is 0 Å². The number of aldehydes is 1. The molecule has 0 fully saturated rings. The molecule has 0 radical (unpaired) electrons. The van der Waals surface area contributed by atoms with Crippen LogP contribution in [-0.4, -0.2) is 29.5 Å². The molecule has 0 bridgehead atoms. The molecule has 31 heavy (non-hydrogen) atoms. The van der Waals surface area contributed by atoms with E-state index in [9.17, 15) is 9.59 Å². The van der Waals surface area contributed by atoms with Crippen molar-refractivity contribution in [3.8, 4) is 23.0 Å². The number of alkyl carbamates (subject to hydrolysis) is 1. The minimum Gasteiger partial charge on any atom is -0.444 e. The summed E-state index contributed by atoms with van der Waals surface area (Å²) in [6.45, 7) is 6.22. The standard InChI is InChI=1S/C26H32N2O3/c1-26(2,3)31-25(30)28-15-10-8-6-4-5-7-9-12-21-16-24(19-27-18-21)23-14-11-13-22(17-23)20-29/h11,13-14,16-20H,4-8,10,15H2,1-3H3,(H,28,30). The Balaban J connectivity index is 1.64. The van der Waals surface area contributed by atoms with Gasteiger partial charge in [-0.15, -0.1) is 0 Å². The summed E-state index contributed by atoms with van der Waals surface area (Å²) in [4.78, 5) is 26.8. The van der Waals surface area contributed by atoms with Gasteiger partial charge in [-0.2, -0.15) is 0 Å². The van der Waals surface area contributed by atoms with Gasteiger partial charge in [0.2, 0.25) is 0 Å². The van der Waals surface area contributed by atoms with Crippen molar-refractivity contribution < 1.29 is 14.3 Å². The van der Waals surface area contributed by atoms with Crippen molar-refractivity contribution in [1.82, 2.24) is 10.3 Å². The molecule has 1 aromatic heterocycles. The number of hydrogen-bond acceptors (Lipinski definition) is 4. The third kappa shape index (κ3) is 9.95. The molecule has 0 saturated carbocycles. The quantitative estimate of drug-likeness (QED) is 0.317. The van der Waals surface area contributed by atoms with Gasteiger partial charge in [0.1, 0.15) is 11.9 Å². The van der Waals surface area contributed by atoms with Gasteiger partial charge in [0.15, 0.2) is 0 Å². The number of nitrogens with one attached hydrogen (secondary N) is 1. The molecule has 5 nitrogen and oxygen atoms in total. The zero-order valence-corrected chi connectivity index (χ0v) is 18.7. The predicted octanol–water partition coefficient (Wildman–Crippen LogP) is 5.78. The van der Waals surface area contributed by atoms with E-state index in [0.717, 1.165) is 61.5 Å². The summed E-state index contributed by atoms with van der Waals surface area (Å²) in [7, 11) is 0. The van der Waals surface area contributed by atoms with Crippen LogP contribution in [0.4, 0.5) is 4.79 Å². The molecule has 0 aliphatic carbocycles. The number of carbonyl (C=O) groups excluding carboxylic acids is 2. The first-order chi connectivity index (χ1) is 14.9. The van der Waals surface area contributed by atoms with Gasteiger partial charge in [-0.25, -0.2) is 4.79 Å². The number of unbranched alkanes of at least 4 members (excludes halogenated alkanes) is 5. The minimum absolute atomic E-state index is 0.349. The molecule has 5 heteroatoms. The van der Waals surface area contributed by atoms with E-state index in [1.807, 2.05) is 45.0 Å². The molecule has 164 valence electrons. The lowest BCUT2D eigenvalue weighted by molar-refractivity contribution is 0.0527. The van der Waals surface area contributed by atoms with E-state index >= 15 is 0 Å². The first-order valence-electron chi connectivity index (χ1n) is 10.8. The second kappa shape index (κ2) is 12.5. The Bertz CT molecular complexity index is 920. The molecule has 0 atom stereocenters. The van der Waals surface area contributed by atoms with Crippen molar-refractivity contribution in [2.45, 2.75) is 64.9 Å². The fourth-order valence-corrected chi connectivity index (χ4v) is 3.00. The molecule has 1 aromatic carbocycles. The highest BCUT2D eigenvalue weighted by atomic mass is 16.6. The Labute approximate surface area is 185 Å². The Morgan fingerprint density at radius 3 is 2.61 bits per heavy atom. The lowest BCUT2D eigenvalue weighted by Gasteiger charge is -2.19. The van der Waals surface area contributed by atoms with Gasteiger partial charge in [0, 0.05) is 42.0 Å². The van der Waals surface area contributed by atoms with Crippen LogP contribution in [0.5, 0.6) is 0 Å². The molecule has 1 N–H and O–H groups in total. The fraction of sp³-hybridized carbons (Fsp3) is 0.423. The number of pyridine rings is 1. The van der Waals surface area contributed by atoms with E-state index < -0.39 is 5.60 Å². The van der Waals surface area contributed by atoms with Gasteiger partial charge >= 0.3 is 6.09 Å². The fourth-order valence-electron chi connectivity index (χ4n) is 3.00. The van der Waals surface area contributed by atoms with E-state index in [1.54, 1.807) is 18.5 Å². The van der Waals surface area contributed by atoms with Crippen LogP contribution < -0.4 is 5.32 Å². The van der Waals surface area contributed by atoms with Crippen molar-refractivity contribution in [2.75, 3.05) is 6.54 Å². The Morgan fingerprint density at radius 1 is 1.06 bits per heavy atom. The van der Waals surface area contributed by atoms with E-state index in [-0.39, 0.29) is 6.09 Å². The normalized spacial score (nSPS) is 10.7. The summed E-state index contributed by atoms with van der Waals surface area (Å²) in [5.41, 5.74) is 2.98. The van der Waals surface area contributed by atoms with Crippen LogP contribution >= 0.6 is 0 Å². The maximum atomic E-state index is 11.5. The highest BCUT2D eigenvalue weighted by Gasteiger charge is 2.15. The molecule has 2 aromatic rings. The average molecular weight is 421 g/mol. The minimum atomic E-state index is -0.454. The molecule has 1 amide bonds. The second-order valence-electron chi connectivity index (χ2n) is 8.45. The van der Waals surface area contributed by atoms with Crippen LogP contribution in [0, 0.1) is 11.8 Å². The van der Waals surface area contributed by atoms with Crippen molar-refractivity contribution in [3.63, 3.8) is 0 Å². The number of rotatable bonds is 9. The topological polar surface area (TPSA) is 68.3 Å². The van der Waals surface area contributed by atoms with Crippen molar-refractivity contribution >= 4 is 12.4 Å². The summed E-state index contributed by atoms with van der Waals surface area (Å²) in [6, 6.07) is 9.46. The number of aromatic nitrogens is 1.